The van der Waals surface area contributed by atoms with Crippen molar-refractivity contribution in [2.75, 3.05) is 0 Å². The fourth-order valence-corrected chi connectivity index (χ4v) is 5.64. The molecule has 0 fully saturated rings. The quantitative estimate of drug-likeness (QED) is 0.167. The van der Waals surface area contributed by atoms with Crippen LogP contribution in [-0.2, 0) is 7.05 Å². The Morgan fingerprint density at radius 3 is 1.10 bits per heavy atom. The highest BCUT2D eigenvalue weighted by atomic mass is 35.5. The molecular weight excluding hydrogens is 517 g/mol. The van der Waals surface area contributed by atoms with Gasteiger partial charge in [-0.05, 0) is 23.3 Å². The number of hydrogen-bond donors (Lipinski definition) is 0. The number of aryl methyl sites for hydroxylation is 1. The molecule has 3 heteroatoms. The van der Waals surface area contributed by atoms with Crippen molar-refractivity contribution in [2.24, 2.45) is 7.05 Å². The number of hydrogen-bond acceptors (Lipinski definition) is 0. The van der Waals surface area contributed by atoms with Crippen molar-refractivity contribution in [3.63, 3.8) is 0 Å². The summed E-state index contributed by atoms with van der Waals surface area (Å²) in [6.07, 6.45) is 7.00. The van der Waals surface area contributed by atoms with E-state index in [0.717, 1.165) is 10.6 Å². The summed E-state index contributed by atoms with van der Waals surface area (Å²) in [5.41, 5.74) is 7.69. The van der Waals surface area contributed by atoms with Gasteiger partial charge in [-0.2, -0.15) is 21.9 Å². The lowest BCUT2D eigenvalue weighted by molar-refractivity contribution is -0.671. The summed E-state index contributed by atoms with van der Waals surface area (Å²) < 4.78 is 2.01. The molecule has 41 heavy (non-hydrogen) atoms. The molecule has 0 amide bonds. The van der Waals surface area contributed by atoms with E-state index in [1.165, 1.54) is 27.4 Å². The van der Waals surface area contributed by atoms with Crippen LogP contribution >= 0.6 is 11.6 Å². The molecule has 1 nitrogen and oxygen atoms in total. The second-order valence-corrected chi connectivity index (χ2v) is 10.6. The minimum Gasteiger partial charge on any atom is -0.208 e. The molecular formula is C38H33BClN. The van der Waals surface area contributed by atoms with Crippen molar-refractivity contribution in [3.8, 4) is 0 Å². The maximum absolute atomic E-state index is 5.82. The third-order valence-electron chi connectivity index (χ3n) is 7.54. The summed E-state index contributed by atoms with van der Waals surface area (Å²) in [5, 5.41) is 0.767. The minimum absolute atomic E-state index is 0.767. The fraction of sp³-hybridized carbons (Fsp3) is 0.0263. The first-order chi connectivity index (χ1) is 20.2. The number of nitrogens with zero attached hydrogens (tertiary/aromatic N) is 1. The number of halogens is 1. The molecule has 0 aliphatic heterocycles. The zero-order chi connectivity index (χ0) is 28.3. The van der Waals surface area contributed by atoms with Crippen LogP contribution < -0.4 is 26.4 Å². The lowest BCUT2D eigenvalue weighted by atomic mass is 9.13. The zero-order valence-corrected chi connectivity index (χ0v) is 24.0. The van der Waals surface area contributed by atoms with E-state index in [1.807, 2.05) is 48.3 Å². The van der Waals surface area contributed by atoms with E-state index in [-0.39, 0.29) is 0 Å². The van der Waals surface area contributed by atoms with Crippen LogP contribution in [0.15, 0.2) is 170 Å². The Morgan fingerprint density at radius 2 is 0.756 bits per heavy atom. The SMILES string of the molecule is C[n+]1ccc(/C=C\c2ccc(Cl)cc2)cc1.c1ccc([B-](c2ccccc2)(c2ccccc2)c2ccccc2)cc1. The molecule has 1 aromatic heterocycles. The summed E-state index contributed by atoms with van der Waals surface area (Å²) in [7, 11) is 2.01. The van der Waals surface area contributed by atoms with Crippen molar-refractivity contribution >= 4 is 51.8 Å². The Labute approximate surface area is 249 Å². The van der Waals surface area contributed by atoms with Gasteiger partial charge in [-0.25, -0.2) is 4.57 Å². The van der Waals surface area contributed by atoms with Gasteiger partial charge >= 0.3 is 0 Å². The second-order valence-electron chi connectivity index (χ2n) is 10.2. The fourth-order valence-electron chi connectivity index (χ4n) is 5.51. The largest absolute Gasteiger partial charge is 0.208 e. The van der Waals surface area contributed by atoms with E-state index in [9.17, 15) is 0 Å². The first kappa shape index (κ1) is 27.9. The molecule has 0 aliphatic rings. The van der Waals surface area contributed by atoms with Crippen molar-refractivity contribution < 1.29 is 4.57 Å². The molecule has 0 saturated carbocycles. The smallest absolute Gasteiger partial charge is 0.169 e. The molecule has 6 aromatic rings. The molecule has 0 aliphatic carbocycles. The van der Waals surface area contributed by atoms with Crippen LogP contribution in [0, 0.1) is 0 Å². The van der Waals surface area contributed by atoms with Crippen molar-refractivity contribution in [3.05, 3.63) is 186 Å². The highest BCUT2D eigenvalue weighted by molar-refractivity contribution is 7.19. The van der Waals surface area contributed by atoms with Gasteiger partial charge in [-0.1, -0.05) is 157 Å². The first-order valence-corrected chi connectivity index (χ1v) is 14.3. The minimum atomic E-state index is -1.22. The Morgan fingerprint density at radius 1 is 0.439 bits per heavy atom. The normalized spacial score (nSPS) is 11.1. The monoisotopic (exact) mass is 549 g/mol. The van der Waals surface area contributed by atoms with Crippen LogP contribution in [0.5, 0.6) is 0 Å². The summed E-state index contributed by atoms with van der Waals surface area (Å²) in [6, 6.07) is 55.5. The average Bonchev–Trinajstić information content (AvgIpc) is 3.04. The first-order valence-electron chi connectivity index (χ1n) is 13.9. The molecule has 200 valence electrons. The van der Waals surface area contributed by atoms with E-state index in [1.54, 1.807) is 0 Å². The number of aromatic nitrogens is 1. The van der Waals surface area contributed by atoms with E-state index >= 15 is 0 Å². The van der Waals surface area contributed by atoms with Crippen molar-refractivity contribution in [1.82, 2.24) is 0 Å². The maximum atomic E-state index is 5.82. The molecule has 0 N–H and O–H groups in total. The number of pyridine rings is 1. The Bertz CT molecular complexity index is 1440. The van der Waals surface area contributed by atoms with Gasteiger partial charge in [0, 0.05) is 17.2 Å². The standard InChI is InChI=1S/C24H20B.C14H13ClN/c1-5-13-21(14-6-1)25(22-15-7-2-8-16-22,23-17-9-3-10-18-23)24-19-11-4-12-20-24;1-16-10-8-13(9-11-16)3-2-12-4-6-14(15)7-5-12/h1-20H;2-11H,1H3/q-1;+1/b;3-2-. The van der Waals surface area contributed by atoms with Crippen LogP contribution in [0.3, 0.4) is 0 Å². The number of rotatable bonds is 6. The molecule has 0 spiro atoms. The predicted molar refractivity (Wildman–Crippen MR) is 178 cm³/mol. The molecule has 0 radical (unpaired) electrons. The Balaban J connectivity index is 0.000000182. The summed E-state index contributed by atoms with van der Waals surface area (Å²) in [4.78, 5) is 0. The highest BCUT2D eigenvalue weighted by Gasteiger charge is 2.31. The summed E-state index contributed by atoms with van der Waals surface area (Å²) in [6.45, 7) is 0. The van der Waals surface area contributed by atoms with E-state index < -0.39 is 6.15 Å². The van der Waals surface area contributed by atoms with Gasteiger partial charge < -0.3 is 0 Å². The van der Waals surface area contributed by atoms with Gasteiger partial charge in [0.1, 0.15) is 13.2 Å². The van der Waals surface area contributed by atoms with E-state index in [4.69, 9.17) is 11.6 Å². The molecule has 5 aromatic carbocycles. The van der Waals surface area contributed by atoms with Crippen LogP contribution in [0.1, 0.15) is 11.1 Å². The maximum Gasteiger partial charge on any atom is 0.169 e. The predicted octanol–water partition coefficient (Wildman–Crippen LogP) is 6.40. The van der Waals surface area contributed by atoms with Crippen LogP contribution in [0.4, 0.5) is 0 Å². The average molecular weight is 550 g/mol. The van der Waals surface area contributed by atoms with Gasteiger partial charge in [-0.15, -0.1) is 0 Å². The lowest BCUT2D eigenvalue weighted by Gasteiger charge is -2.44. The molecule has 0 unspecified atom stereocenters. The van der Waals surface area contributed by atoms with Gasteiger partial charge in [0.05, 0.1) is 0 Å². The van der Waals surface area contributed by atoms with E-state index in [0.29, 0.717) is 0 Å². The molecule has 0 bridgehead atoms. The second kappa shape index (κ2) is 13.6. The lowest BCUT2D eigenvalue weighted by Crippen LogP contribution is -2.74. The summed E-state index contributed by atoms with van der Waals surface area (Å²) >= 11 is 5.82. The van der Waals surface area contributed by atoms with Crippen molar-refractivity contribution in [1.29, 1.82) is 0 Å². The van der Waals surface area contributed by atoms with Crippen LogP contribution in [-0.4, -0.2) is 6.15 Å². The number of benzene rings is 5. The van der Waals surface area contributed by atoms with Gasteiger partial charge in [0.15, 0.2) is 12.4 Å². The Hall–Kier alpha value is -4.66. The molecule has 1 heterocycles. The third kappa shape index (κ3) is 6.74. The Kier molecular flexibility index (Phi) is 9.26. The van der Waals surface area contributed by atoms with Gasteiger partial charge in [-0.3, -0.25) is 0 Å². The molecule has 0 atom stereocenters. The third-order valence-corrected chi connectivity index (χ3v) is 7.79. The van der Waals surface area contributed by atoms with Gasteiger partial charge in [0.25, 0.3) is 0 Å². The van der Waals surface area contributed by atoms with E-state index in [2.05, 4.69) is 146 Å². The molecule has 0 saturated heterocycles. The topological polar surface area (TPSA) is 3.88 Å². The summed E-state index contributed by atoms with van der Waals surface area (Å²) in [5.74, 6) is 0. The van der Waals surface area contributed by atoms with Crippen LogP contribution in [0.25, 0.3) is 12.2 Å². The van der Waals surface area contributed by atoms with Crippen LogP contribution in [0.2, 0.25) is 5.02 Å². The van der Waals surface area contributed by atoms with Gasteiger partial charge in [0.2, 0.25) is 0 Å². The van der Waals surface area contributed by atoms with Crippen molar-refractivity contribution in [2.45, 2.75) is 0 Å². The highest BCUT2D eigenvalue weighted by Crippen LogP contribution is 2.12. The zero-order valence-electron chi connectivity index (χ0n) is 23.2. The molecule has 6 rings (SSSR count).